The van der Waals surface area contributed by atoms with Gasteiger partial charge in [0.15, 0.2) is 11.6 Å². The molecule has 1 atom stereocenters. The van der Waals surface area contributed by atoms with Crippen LogP contribution in [0.5, 0.6) is 0 Å². The fourth-order valence-corrected chi connectivity index (χ4v) is 2.37. The SMILES string of the molecule is CCc1cnc(C(C)Nc2ncnc(C)c2F)s1. The van der Waals surface area contributed by atoms with Crippen LogP contribution >= 0.6 is 11.3 Å². The Morgan fingerprint density at radius 1 is 1.39 bits per heavy atom. The molecule has 0 spiro atoms. The van der Waals surface area contributed by atoms with Crippen molar-refractivity contribution in [2.45, 2.75) is 33.2 Å². The zero-order valence-electron chi connectivity index (χ0n) is 10.6. The normalized spacial score (nSPS) is 12.4. The van der Waals surface area contributed by atoms with Crippen molar-refractivity contribution in [2.24, 2.45) is 0 Å². The second kappa shape index (κ2) is 5.39. The second-order valence-electron chi connectivity index (χ2n) is 4.01. The minimum Gasteiger partial charge on any atom is -0.359 e. The van der Waals surface area contributed by atoms with E-state index in [2.05, 4.69) is 27.2 Å². The van der Waals surface area contributed by atoms with Crippen LogP contribution in [0.15, 0.2) is 12.5 Å². The van der Waals surface area contributed by atoms with Crippen molar-refractivity contribution in [1.29, 1.82) is 0 Å². The van der Waals surface area contributed by atoms with Crippen LogP contribution in [-0.2, 0) is 6.42 Å². The van der Waals surface area contributed by atoms with Gasteiger partial charge in [-0.15, -0.1) is 11.3 Å². The summed E-state index contributed by atoms with van der Waals surface area (Å²) < 4.78 is 13.7. The number of thiazole rings is 1. The average Bonchev–Trinajstić information content (AvgIpc) is 2.83. The fourth-order valence-electron chi connectivity index (χ4n) is 1.51. The Kier molecular flexibility index (Phi) is 3.86. The van der Waals surface area contributed by atoms with E-state index in [0.717, 1.165) is 11.4 Å². The lowest BCUT2D eigenvalue weighted by Gasteiger charge is -2.12. The molecule has 0 amide bonds. The third-order valence-electron chi connectivity index (χ3n) is 2.61. The predicted octanol–water partition coefficient (Wildman–Crippen LogP) is 3.12. The first-order chi connectivity index (χ1) is 8.61. The van der Waals surface area contributed by atoms with Crippen LogP contribution in [0.2, 0.25) is 0 Å². The zero-order chi connectivity index (χ0) is 13.1. The molecular weight excluding hydrogens is 251 g/mol. The van der Waals surface area contributed by atoms with E-state index >= 15 is 0 Å². The number of nitrogens with zero attached hydrogens (tertiary/aromatic N) is 3. The molecule has 0 aliphatic carbocycles. The molecule has 0 aromatic carbocycles. The Balaban J connectivity index is 2.15. The average molecular weight is 266 g/mol. The monoisotopic (exact) mass is 266 g/mol. The van der Waals surface area contributed by atoms with Crippen molar-refractivity contribution in [1.82, 2.24) is 15.0 Å². The molecule has 2 aromatic heterocycles. The Hall–Kier alpha value is -1.56. The van der Waals surface area contributed by atoms with E-state index in [9.17, 15) is 4.39 Å². The summed E-state index contributed by atoms with van der Waals surface area (Å²) in [5.74, 6) is -0.181. The molecule has 96 valence electrons. The summed E-state index contributed by atoms with van der Waals surface area (Å²) in [5, 5.41) is 3.96. The number of hydrogen-bond acceptors (Lipinski definition) is 5. The first-order valence-electron chi connectivity index (χ1n) is 5.80. The summed E-state index contributed by atoms with van der Waals surface area (Å²) in [5.41, 5.74) is 0.341. The number of hydrogen-bond donors (Lipinski definition) is 1. The van der Waals surface area contributed by atoms with Gasteiger partial charge in [0.1, 0.15) is 11.3 Å². The molecule has 2 rings (SSSR count). The lowest BCUT2D eigenvalue weighted by Crippen LogP contribution is -2.10. The highest BCUT2D eigenvalue weighted by molar-refractivity contribution is 7.11. The van der Waals surface area contributed by atoms with E-state index in [0.29, 0.717) is 5.69 Å². The van der Waals surface area contributed by atoms with Gasteiger partial charge in [0.25, 0.3) is 0 Å². The molecule has 1 unspecified atom stereocenters. The van der Waals surface area contributed by atoms with Crippen molar-refractivity contribution in [3.05, 3.63) is 33.9 Å². The maximum Gasteiger partial charge on any atom is 0.186 e. The number of aromatic nitrogens is 3. The minimum atomic E-state index is -0.406. The van der Waals surface area contributed by atoms with Gasteiger partial charge in [-0.1, -0.05) is 6.92 Å². The predicted molar refractivity (Wildman–Crippen MR) is 70.3 cm³/mol. The van der Waals surface area contributed by atoms with Gasteiger partial charge in [-0.05, 0) is 20.3 Å². The van der Waals surface area contributed by atoms with Crippen LogP contribution in [0.25, 0.3) is 0 Å². The summed E-state index contributed by atoms with van der Waals surface area (Å²) in [6.07, 6.45) is 4.18. The van der Waals surface area contributed by atoms with E-state index in [1.807, 2.05) is 13.1 Å². The van der Waals surface area contributed by atoms with Gasteiger partial charge in [-0.3, -0.25) is 0 Å². The highest BCUT2D eigenvalue weighted by atomic mass is 32.1. The first-order valence-corrected chi connectivity index (χ1v) is 6.61. The number of anilines is 1. The second-order valence-corrected chi connectivity index (χ2v) is 5.15. The molecule has 0 aliphatic heterocycles. The Bertz CT molecular complexity index is 541. The third kappa shape index (κ3) is 2.64. The molecule has 2 aromatic rings. The number of rotatable bonds is 4. The zero-order valence-corrected chi connectivity index (χ0v) is 11.4. The minimum absolute atomic E-state index is 0.0703. The molecule has 0 saturated carbocycles. The molecule has 4 nitrogen and oxygen atoms in total. The van der Waals surface area contributed by atoms with Crippen LogP contribution in [0.1, 0.15) is 35.5 Å². The van der Waals surface area contributed by atoms with Crippen LogP contribution in [0.3, 0.4) is 0 Å². The van der Waals surface area contributed by atoms with E-state index in [1.54, 1.807) is 18.3 Å². The molecule has 0 radical (unpaired) electrons. The highest BCUT2D eigenvalue weighted by Gasteiger charge is 2.14. The quantitative estimate of drug-likeness (QED) is 0.923. The fraction of sp³-hybridized carbons (Fsp3) is 0.417. The number of aryl methyl sites for hydroxylation is 2. The van der Waals surface area contributed by atoms with Gasteiger partial charge >= 0.3 is 0 Å². The molecular formula is C12H15FN4S. The van der Waals surface area contributed by atoms with E-state index < -0.39 is 5.82 Å². The van der Waals surface area contributed by atoms with E-state index in [-0.39, 0.29) is 11.9 Å². The molecule has 0 bridgehead atoms. The van der Waals surface area contributed by atoms with E-state index in [4.69, 9.17) is 0 Å². The molecule has 2 heterocycles. The molecule has 0 saturated heterocycles. The van der Waals surface area contributed by atoms with E-state index in [1.165, 1.54) is 11.2 Å². The van der Waals surface area contributed by atoms with Crippen molar-refractivity contribution in [2.75, 3.05) is 5.32 Å². The summed E-state index contributed by atoms with van der Waals surface area (Å²) in [4.78, 5) is 13.3. The van der Waals surface area contributed by atoms with Gasteiger partial charge in [0.2, 0.25) is 0 Å². The summed E-state index contributed by atoms with van der Waals surface area (Å²) in [7, 11) is 0. The Morgan fingerprint density at radius 2 is 2.17 bits per heavy atom. The molecule has 18 heavy (non-hydrogen) atoms. The van der Waals surface area contributed by atoms with Gasteiger partial charge in [0, 0.05) is 11.1 Å². The lowest BCUT2D eigenvalue weighted by atomic mass is 10.3. The third-order valence-corrected chi connectivity index (χ3v) is 3.93. The molecule has 0 fully saturated rings. The van der Waals surface area contributed by atoms with Gasteiger partial charge in [-0.25, -0.2) is 19.3 Å². The van der Waals surface area contributed by atoms with Gasteiger partial charge in [0.05, 0.1) is 11.7 Å². The van der Waals surface area contributed by atoms with Crippen molar-refractivity contribution >= 4 is 17.2 Å². The van der Waals surface area contributed by atoms with Gasteiger partial charge < -0.3 is 5.32 Å². The standard InChI is InChI=1S/C12H15FN4S/c1-4-9-5-14-12(18-9)8(3)17-11-10(13)7(2)15-6-16-11/h5-6,8H,4H2,1-3H3,(H,15,16,17). The van der Waals surface area contributed by atoms with Crippen molar-refractivity contribution in [3.8, 4) is 0 Å². The summed E-state index contributed by atoms with van der Waals surface area (Å²) in [6, 6.07) is -0.0703. The Morgan fingerprint density at radius 3 is 2.83 bits per heavy atom. The first kappa shape index (κ1) is 12.9. The molecule has 6 heteroatoms. The Labute approximate surface area is 109 Å². The number of nitrogens with one attached hydrogen (secondary N) is 1. The topological polar surface area (TPSA) is 50.7 Å². The maximum atomic E-state index is 13.7. The van der Waals surface area contributed by atoms with Crippen LogP contribution in [-0.4, -0.2) is 15.0 Å². The van der Waals surface area contributed by atoms with Crippen molar-refractivity contribution in [3.63, 3.8) is 0 Å². The smallest absolute Gasteiger partial charge is 0.186 e. The highest BCUT2D eigenvalue weighted by Crippen LogP contribution is 2.24. The lowest BCUT2D eigenvalue weighted by molar-refractivity contribution is 0.601. The van der Waals surface area contributed by atoms with Crippen molar-refractivity contribution < 1.29 is 4.39 Å². The number of halogens is 1. The van der Waals surface area contributed by atoms with Gasteiger partial charge in [-0.2, -0.15) is 0 Å². The summed E-state index contributed by atoms with van der Waals surface area (Å²) >= 11 is 1.63. The van der Waals surface area contributed by atoms with Crippen LogP contribution < -0.4 is 5.32 Å². The largest absolute Gasteiger partial charge is 0.359 e. The summed E-state index contributed by atoms with van der Waals surface area (Å²) in [6.45, 7) is 5.64. The molecule has 1 N–H and O–H groups in total. The maximum absolute atomic E-state index is 13.7. The van der Waals surface area contributed by atoms with Crippen LogP contribution in [0.4, 0.5) is 10.2 Å². The molecule has 0 aliphatic rings. The van der Waals surface area contributed by atoms with Crippen LogP contribution in [0, 0.1) is 12.7 Å².